The van der Waals surface area contributed by atoms with Crippen LogP contribution in [-0.4, -0.2) is 46.3 Å². The van der Waals surface area contributed by atoms with E-state index in [1.54, 1.807) is 12.4 Å². The molecule has 1 aliphatic heterocycles. The first-order chi connectivity index (χ1) is 13.8. The maximum atomic E-state index is 12.9. The third kappa shape index (κ3) is 4.51. The van der Waals surface area contributed by atoms with Crippen LogP contribution in [0, 0.1) is 0 Å². The van der Waals surface area contributed by atoms with Gasteiger partial charge >= 0.3 is 6.03 Å². The molecule has 1 unspecified atom stereocenters. The largest absolute Gasteiger partial charge is 0.376 e. The molecule has 0 bridgehead atoms. The number of aromatic nitrogens is 2. The Morgan fingerprint density at radius 1 is 1.21 bits per heavy atom. The Kier molecular flexibility index (Phi) is 5.87. The number of carbonyl (C=O) groups excluding carboxylic acids is 1. The quantitative estimate of drug-likeness (QED) is 0.685. The highest BCUT2D eigenvalue weighted by atomic mass is 16.5. The van der Waals surface area contributed by atoms with Gasteiger partial charge in [0.2, 0.25) is 0 Å². The van der Waals surface area contributed by atoms with Crippen LogP contribution in [0.1, 0.15) is 18.4 Å². The summed E-state index contributed by atoms with van der Waals surface area (Å²) in [6.45, 7) is 3.27. The molecule has 1 aromatic carbocycles. The van der Waals surface area contributed by atoms with E-state index in [4.69, 9.17) is 4.74 Å². The molecular weight excluding hydrogens is 352 g/mol. The number of carbonyl (C=O) groups is 1. The van der Waals surface area contributed by atoms with Gasteiger partial charge in [-0.1, -0.05) is 18.2 Å². The SMILES string of the molecule is O=C(NCCn1ccc2ccccc21)N(Cc1ccncc1)CC1CCCO1. The minimum Gasteiger partial charge on any atom is -0.376 e. The minimum absolute atomic E-state index is 0.0521. The van der Waals surface area contributed by atoms with Crippen molar-refractivity contribution in [2.75, 3.05) is 19.7 Å². The zero-order valence-electron chi connectivity index (χ0n) is 16.0. The van der Waals surface area contributed by atoms with E-state index >= 15 is 0 Å². The summed E-state index contributed by atoms with van der Waals surface area (Å²) in [4.78, 5) is 18.8. The number of nitrogens with one attached hydrogen (secondary N) is 1. The number of pyridine rings is 1. The van der Waals surface area contributed by atoms with E-state index in [0.717, 1.165) is 31.6 Å². The van der Waals surface area contributed by atoms with Gasteiger partial charge in [-0.05, 0) is 48.1 Å². The molecule has 3 aromatic rings. The summed E-state index contributed by atoms with van der Waals surface area (Å²) < 4.78 is 7.91. The summed E-state index contributed by atoms with van der Waals surface area (Å²) in [6, 6.07) is 14.2. The lowest BCUT2D eigenvalue weighted by Gasteiger charge is -2.26. The molecule has 2 amide bonds. The summed E-state index contributed by atoms with van der Waals surface area (Å²) in [6.07, 6.45) is 7.79. The molecule has 0 radical (unpaired) electrons. The van der Waals surface area contributed by atoms with Gasteiger partial charge in [0, 0.05) is 56.9 Å². The summed E-state index contributed by atoms with van der Waals surface area (Å²) in [5.41, 5.74) is 2.25. The number of benzene rings is 1. The highest BCUT2D eigenvalue weighted by molar-refractivity contribution is 5.80. The Bertz CT molecular complexity index is 903. The molecule has 6 nitrogen and oxygen atoms in total. The predicted octanol–water partition coefficient (Wildman–Crippen LogP) is 3.43. The Hall–Kier alpha value is -2.86. The van der Waals surface area contributed by atoms with Crippen molar-refractivity contribution in [1.29, 1.82) is 0 Å². The van der Waals surface area contributed by atoms with Crippen LogP contribution >= 0.6 is 0 Å². The lowest BCUT2D eigenvalue weighted by atomic mass is 10.2. The van der Waals surface area contributed by atoms with E-state index in [2.05, 4.69) is 39.3 Å². The lowest BCUT2D eigenvalue weighted by Crippen LogP contribution is -2.44. The third-order valence-corrected chi connectivity index (χ3v) is 5.17. The van der Waals surface area contributed by atoms with E-state index in [1.165, 1.54) is 10.9 Å². The molecular formula is C22H26N4O2. The fourth-order valence-electron chi connectivity index (χ4n) is 3.69. The molecule has 6 heteroatoms. The predicted molar refractivity (Wildman–Crippen MR) is 109 cm³/mol. The van der Waals surface area contributed by atoms with E-state index in [0.29, 0.717) is 19.6 Å². The van der Waals surface area contributed by atoms with Gasteiger partial charge in [0.15, 0.2) is 0 Å². The van der Waals surface area contributed by atoms with Crippen LogP contribution in [0.15, 0.2) is 61.1 Å². The van der Waals surface area contributed by atoms with Crippen LogP contribution in [-0.2, 0) is 17.8 Å². The maximum Gasteiger partial charge on any atom is 0.317 e. The topological polar surface area (TPSA) is 59.4 Å². The number of rotatable bonds is 7. The number of hydrogen-bond acceptors (Lipinski definition) is 3. The number of hydrogen-bond donors (Lipinski definition) is 1. The van der Waals surface area contributed by atoms with E-state index in [1.807, 2.05) is 29.2 Å². The molecule has 3 heterocycles. The molecule has 1 N–H and O–H groups in total. The fraction of sp³-hybridized carbons (Fsp3) is 0.364. The molecule has 1 aliphatic rings. The van der Waals surface area contributed by atoms with Crippen molar-refractivity contribution < 1.29 is 9.53 Å². The van der Waals surface area contributed by atoms with Gasteiger partial charge < -0.3 is 19.5 Å². The zero-order chi connectivity index (χ0) is 19.2. The zero-order valence-corrected chi connectivity index (χ0v) is 16.0. The van der Waals surface area contributed by atoms with Gasteiger partial charge in [-0.3, -0.25) is 4.98 Å². The number of ether oxygens (including phenoxy) is 1. The highest BCUT2D eigenvalue weighted by Crippen LogP contribution is 2.16. The average molecular weight is 378 g/mol. The summed E-state index contributed by atoms with van der Waals surface area (Å²) in [5, 5.41) is 4.29. The van der Waals surface area contributed by atoms with Gasteiger partial charge in [0.1, 0.15) is 0 Å². The molecule has 0 saturated carbocycles. The monoisotopic (exact) mass is 378 g/mol. The molecule has 28 heavy (non-hydrogen) atoms. The van der Waals surface area contributed by atoms with E-state index in [9.17, 15) is 4.79 Å². The van der Waals surface area contributed by atoms with Crippen LogP contribution < -0.4 is 5.32 Å². The van der Waals surface area contributed by atoms with E-state index < -0.39 is 0 Å². The first-order valence-corrected chi connectivity index (χ1v) is 9.87. The van der Waals surface area contributed by atoms with Crippen molar-refractivity contribution in [2.45, 2.75) is 32.0 Å². The molecule has 1 fully saturated rings. The molecule has 2 aromatic heterocycles. The number of amides is 2. The van der Waals surface area contributed by atoms with E-state index in [-0.39, 0.29) is 12.1 Å². The molecule has 146 valence electrons. The summed E-state index contributed by atoms with van der Waals surface area (Å²) in [5.74, 6) is 0. The first-order valence-electron chi connectivity index (χ1n) is 9.87. The van der Waals surface area contributed by atoms with Gasteiger partial charge in [0.25, 0.3) is 0 Å². The number of fused-ring (bicyclic) bond motifs is 1. The van der Waals surface area contributed by atoms with Crippen molar-refractivity contribution in [3.63, 3.8) is 0 Å². The van der Waals surface area contributed by atoms with Crippen molar-refractivity contribution in [3.8, 4) is 0 Å². The lowest BCUT2D eigenvalue weighted by molar-refractivity contribution is 0.0794. The van der Waals surface area contributed by atoms with Gasteiger partial charge in [-0.2, -0.15) is 0 Å². The average Bonchev–Trinajstić information content (AvgIpc) is 3.38. The van der Waals surface area contributed by atoms with Crippen molar-refractivity contribution in [1.82, 2.24) is 19.8 Å². The van der Waals surface area contributed by atoms with Crippen LogP contribution in [0.3, 0.4) is 0 Å². The smallest absolute Gasteiger partial charge is 0.317 e. The Balaban J connectivity index is 1.36. The molecule has 0 aliphatic carbocycles. The van der Waals surface area contributed by atoms with Crippen molar-refractivity contribution in [3.05, 3.63) is 66.6 Å². The van der Waals surface area contributed by atoms with Crippen molar-refractivity contribution >= 4 is 16.9 Å². The Morgan fingerprint density at radius 2 is 2.07 bits per heavy atom. The van der Waals surface area contributed by atoms with Crippen LogP contribution in [0.2, 0.25) is 0 Å². The number of urea groups is 1. The van der Waals surface area contributed by atoms with Crippen molar-refractivity contribution in [2.24, 2.45) is 0 Å². The maximum absolute atomic E-state index is 12.9. The van der Waals surface area contributed by atoms with Gasteiger partial charge in [-0.25, -0.2) is 4.79 Å². The number of nitrogens with zero attached hydrogens (tertiary/aromatic N) is 3. The fourth-order valence-corrected chi connectivity index (χ4v) is 3.69. The molecule has 0 spiro atoms. The Labute approximate surface area is 165 Å². The van der Waals surface area contributed by atoms with Gasteiger partial charge in [0.05, 0.1) is 6.10 Å². The Morgan fingerprint density at radius 3 is 2.89 bits per heavy atom. The van der Waals surface area contributed by atoms with Crippen LogP contribution in [0.5, 0.6) is 0 Å². The third-order valence-electron chi connectivity index (χ3n) is 5.17. The van der Waals surface area contributed by atoms with Gasteiger partial charge in [-0.15, -0.1) is 0 Å². The molecule has 1 atom stereocenters. The highest BCUT2D eigenvalue weighted by Gasteiger charge is 2.22. The van der Waals surface area contributed by atoms with Crippen LogP contribution in [0.25, 0.3) is 10.9 Å². The second-order valence-corrected chi connectivity index (χ2v) is 7.17. The second-order valence-electron chi connectivity index (χ2n) is 7.17. The summed E-state index contributed by atoms with van der Waals surface area (Å²) >= 11 is 0. The number of para-hydroxylation sites is 1. The summed E-state index contributed by atoms with van der Waals surface area (Å²) in [7, 11) is 0. The normalized spacial score (nSPS) is 16.4. The molecule has 1 saturated heterocycles. The second kappa shape index (κ2) is 8.89. The van der Waals surface area contributed by atoms with Crippen LogP contribution in [0.4, 0.5) is 4.79 Å². The first kappa shape index (κ1) is 18.5. The minimum atomic E-state index is -0.0521. The molecule has 4 rings (SSSR count). The standard InChI is InChI=1S/C22H26N4O2/c27-22(24-12-14-25-13-9-19-4-1-2-6-21(19)25)26(17-20-5-3-15-28-20)16-18-7-10-23-11-8-18/h1-2,4,6-11,13,20H,3,5,12,14-17H2,(H,24,27).